The van der Waals surface area contributed by atoms with Crippen LogP contribution in [-0.2, 0) is 0 Å². The van der Waals surface area contributed by atoms with Crippen LogP contribution in [0.3, 0.4) is 0 Å². The van der Waals surface area contributed by atoms with Gasteiger partial charge in [0, 0.05) is 31.0 Å². The molecule has 4 nitrogen and oxygen atoms in total. The van der Waals surface area contributed by atoms with Crippen LogP contribution < -0.4 is 4.90 Å². The molecule has 3 aromatic rings. The number of nitrogens with zero attached hydrogens (tertiary/aromatic N) is 4. The smallest absolute Gasteiger partial charge is 0.146 e. The zero-order valence-corrected chi connectivity index (χ0v) is 11.8. The van der Waals surface area contributed by atoms with Gasteiger partial charge in [0.2, 0.25) is 0 Å². The Morgan fingerprint density at radius 1 is 1.05 bits per heavy atom. The SMILES string of the molecule is c1cncc(-c2nc3ccc(N4CCCC4)nc3s2)c1. The quantitative estimate of drug-likeness (QED) is 0.723. The molecule has 3 aromatic heterocycles. The summed E-state index contributed by atoms with van der Waals surface area (Å²) < 4.78 is 0. The average molecular weight is 282 g/mol. The zero-order chi connectivity index (χ0) is 13.4. The van der Waals surface area contributed by atoms with E-state index in [1.165, 1.54) is 12.8 Å². The summed E-state index contributed by atoms with van der Waals surface area (Å²) in [5, 5.41) is 0.985. The Morgan fingerprint density at radius 3 is 2.75 bits per heavy atom. The lowest BCUT2D eigenvalue weighted by Gasteiger charge is -2.15. The second-order valence-electron chi connectivity index (χ2n) is 4.95. The van der Waals surface area contributed by atoms with Crippen molar-refractivity contribution in [2.75, 3.05) is 18.0 Å². The van der Waals surface area contributed by atoms with Gasteiger partial charge < -0.3 is 4.90 Å². The molecule has 4 heterocycles. The number of aromatic nitrogens is 3. The Morgan fingerprint density at radius 2 is 1.95 bits per heavy atom. The molecule has 1 aliphatic heterocycles. The van der Waals surface area contributed by atoms with Gasteiger partial charge in [0.1, 0.15) is 21.2 Å². The minimum atomic E-state index is 0.969. The summed E-state index contributed by atoms with van der Waals surface area (Å²) in [4.78, 5) is 16.9. The van der Waals surface area contributed by atoms with Crippen molar-refractivity contribution in [1.82, 2.24) is 15.0 Å². The van der Waals surface area contributed by atoms with Crippen LogP contribution in [-0.4, -0.2) is 28.0 Å². The summed E-state index contributed by atoms with van der Waals surface area (Å²) in [6.07, 6.45) is 6.16. The number of fused-ring (bicyclic) bond motifs is 1. The minimum Gasteiger partial charge on any atom is -0.357 e. The highest BCUT2D eigenvalue weighted by molar-refractivity contribution is 7.21. The van der Waals surface area contributed by atoms with Gasteiger partial charge in [-0.15, -0.1) is 0 Å². The van der Waals surface area contributed by atoms with E-state index in [1.807, 2.05) is 18.3 Å². The molecule has 1 saturated heterocycles. The first kappa shape index (κ1) is 11.8. The molecule has 4 rings (SSSR count). The van der Waals surface area contributed by atoms with E-state index >= 15 is 0 Å². The molecule has 0 N–H and O–H groups in total. The van der Waals surface area contributed by atoms with Gasteiger partial charge in [-0.25, -0.2) is 9.97 Å². The van der Waals surface area contributed by atoms with Gasteiger partial charge in [-0.1, -0.05) is 11.3 Å². The lowest BCUT2D eigenvalue weighted by atomic mass is 10.3. The van der Waals surface area contributed by atoms with E-state index < -0.39 is 0 Å². The van der Waals surface area contributed by atoms with Gasteiger partial charge in [0.05, 0.1) is 0 Å². The summed E-state index contributed by atoms with van der Waals surface area (Å²) in [7, 11) is 0. The highest BCUT2D eigenvalue weighted by Crippen LogP contribution is 2.30. The second kappa shape index (κ2) is 4.83. The van der Waals surface area contributed by atoms with E-state index in [0.717, 1.165) is 39.8 Å². The van der Waals surface area contributed by atoms with Crippen molar-refractivity contribution in [3.63, 3.8) is 0 Å². The first-order valence-electron chi connectivity index (χ1n) is 6.83. The fourth-order valence-corrected chi connectivity index (χ4v) is 3.47. The van der Waals surface area contributed by atoms with E-state index in [0.29, 0.717) is 0 Å². The molecular weight excluding hydrogens is 268 g/mol. The van der Waals surface area contributed by atoms with Gasteiger partial charge >= 0.3 is 0 Å². The molecule has 5 heteroatoms. The van der Waals surface area contributed by atoms with Gasteiger partial charge in [-0.3, -0.25) is 4.98 Å². The standard InChI is InChI=1S/C15H14N4S/c1-2-9-19(8-1)13-6-5-12-15(18-13)20-14(17-12)11-4-3-7-16-10-11/h3-7,10H,1-2,8-9H2. The molecular formula is C15H14N4S. The molecule has 100 valence electrons. The molecule has 1 fully saturated rings. The highest BCUT2D eigenvalue weighted by Gasteiger charge is 2.15. The van der Waals surface area contributed by atoms with E-state index in [1.54, 1.807) is 17.5 Å². The lowest BCUT2D eigenvalue weighted by molar-refractivity contribution is 0.945. The van der Waals surface area contributed by atoms with E-state index in [-0.39, 0.29) is 0 Å². The van der Waals surface area contributed by atoms with Crippen molar-refractivity contribution in [1.29, 1.82) is 0 Å². The predicted molar refractivity (Wildman–Crippen MR) is 82.1 cm³/mol. The topological polar surface area (TPSA) is 41.9 Å². The van der Waals surface area contributed by atoms with E-state index in [2.05, 4.69) is 27.0 Å². The molecule has 0 saturated carbocycles. The van der Waals surface area contributed by atoms with Crippen molar-refractivity contribution < 1.29 is 0 Å². The first-order valence-corrected chi connectivity index (χ1v) is 7.65. The molecule has 0 radical (unpaired) electrons. The summed E-state index contributed by atoms with van der Waals surface area (Å²) in [5.74, 6) is 1.08. The Labute approximate surface area is 121 Å². The van der Waals surface area contributed by atoms with Crippen molar-refractivity contribution >= 4 is 27.5 Å². The van der Waals surface area contributed by atoms with Gasteiger partial charge in [0.15, 0.2) is 0 Å². The van der Waals surface area contributed by atoms with Gasteiger partial charge in [0.25, 0.3) is 0 Å². The van der Waals surface area contributed by atoms with Crippen molar-refractivity contribution in [2.45, 2.75) is 12.8 Å². The second-order valence-corrected chi connectivity index (χ2v) is 5.93. The van der Waals surface area contributed by atoms with Crippen LogP contribution >= 0.6 is 11.3 Å². The molecule has 20 heavy (non-hydrogen) atoms. The van der Waals surface area contributed by atoms with Crippen molar-refractivity contribution in [2.24, 2.45) is 0 Å². The van der Waals surface area contributed by atoms with Crippen molar-refractivity contribution in [3.05, 3.63) is 36.7 Å². The average Bonchev–Trinajstić information content (AvgIpc) is 3.16. The fourth-order valence-electron chi connectivity index (χ4n) is 2.54. The number of rotatable bonds is 2. The maximum Gasteiger partial charge on any atom is 0.146 e. The number of hydrogen-bond donors (Lipinski definition) is 0. The van der Waals surface area contributed by atoms with Crippen LogP contribution in [0.2, 0.25) is 0 Å². The third kappa shape index (κ3) is 2.04. The number of hydrogen-bond acceptors (Lipinski definition) is 5. The Hall–Kier alpha value is -2.01. The lowest BCUT2D eigenvalue weighted by Crippen LogP contribution is -2.18. The van der Waals surface area contributed by atoms with E-state index in [9.17, 15) is 0 Å². The van der Waals surface area contributed by atoms with Crippen LogP contribution in [0.25, 0.3) is 20.9 Å². The van der Waals surface area contributed by atoms with Crippen LogP contribution in [0.4, 0.5) is 5.82 Å². The predicted octanol–water partition coefficient (Wildman–Crippen LogP) is 3.35. The number of thiazole rings is 1. The number of pyridine rings is 2. The van der Waals surface area contributed by atoms with Crippen LogP contribution in [0.1, 0.15) is 12.8 Å². The summed E-state index contributed by atoms with van der Waals surface area (Å²) in [6.45, 7) is 2.24. The Bertz CT molecular complexity index is 732. The minimum absolute atomic E-state index is 0.969. The Balaban J connectivity index is 1.76. The molecule has 0 bridgehead atoms. The van der Waals surface area contributed by atoms with Crippen LogP contribution in [0.5, 0.6) is 0 Å². The van der Waals surface area contributed by atoms with Gasteiger partial charge in [-0.2, -0.15) is 0 Å². The van der Waals surface area contributed by atoms with E-state index in [4.69, 9.17) is 4.98 Å². The maximum absolute atomic E-state index is 4.76. The molecule has 0 aliphatic carbocycles. The molecule has 0 amide bonds. The Kier molecular flexibility index (Phi) is 2.85. The molecule has 0 aromatic carbocycles. The first-order chi connectivity index (χ1) is 9.90. The van der Waals surface area contributed by atoms with Crippen LogP contribution in [0.15, 0.2) is 36.7 Å². The molecule has 0 unspecified atom stereocenters. The largest absolute Gasteiger partial charge is 0.357 e. The monoisotopic (exact) mass is 282 g/mol. The van der Waals surface area contributed by atoms with Gasteiger partial charge in [-0.05, 0) is 37.1 Å². The zero-order valence-electron chi connectivity index (χ0n) is 11.0. The maximum atomic E-state index is 4.76. The summed E-state index contributed by atoms with van der Waals surface area (Å²) in [6, 6.07) is 8.13. The fraction of sp³-hybridized carbons (Fsp3) is 0.267. The summed E-state index contributed by atoms with van der Waals surface area (Å²) in [5.41, 5.74) is 2.02. The summed E-state index contributed by atoms with van der Waals surface area (Å²) >= 11 is 1.63. The molecule has 0 atom stereocenters. The molecule has 1 aliphatic rings. The number of anilines is 1. The third-order valence-electron chi connectivity index (χ3n) is 3.58. The normalized spacial score (nSPS) is 15.1. The van der Waals surface area contributed by atoms with Crippen molar-refractivity contribution in [3.8, 4) is 10.6 Å². The highest BCUT2D eigenvalue weighted by atomic mass is 32.1. The molecule has 0 spiro atoms. The third-order valence-corrected chi connectivity index (χ3v) is 4.59. The van der Waals surface area contributed by atoms with Crippen LogP contribution in [0, 0.1) is 0 Å².